The monoisotopic (exact) mass is 230 g/mol. The highest BCUT2D eigenvalue weighted by Gasteiger charge is 2.04. The molecule has 14 heavy (non-hydrogen) atoms. The van der Waals surface area contributed by atoms with Crippen LogP contribution in [0.25, 0.3) is 5.76 Å². The van der Waals surface area contributed by atoms with Crippen molar-refractivity contribution in [3.63, 3.8) is 0 Å². The zero-order valence-corrected chi connectivity index (χ0v) is 9.44. The number of aliphatic hydroxyl groups excluding tert-OH is 1. The Morgan fingerprint density at radius 3 is 2.71 bits per heavy atom. The van der Waals surface area contributed by atoms with Crippen LogP contribution in [0, 0.1) is 0 Å². The smallest absolute Gasteiger partial charge is 0.120 e. The molecule has 0 saturated carbocycles. The Morgan fingerprint density at radius 1 is 1.43 bits per heavy atom. The van der Waals surface area contributed by atoms with Gasteiger partial charge in [-0.2, -0.15) is 0 Å². The van der Waals surface area contributed by atoms with E-state index >= 15 is 0 Å². The van der Waals surface area contributed by atoms with Gasteiger partial charge in [0.05, 0.1) is 5.02 Å². The zero-order chi connectivity index (χ0) is 10.6. The highest BCUT2D eigenvalue weighted by Crippen LogP contribution is 2.25. The van der Waals surface area contributed by atoms with Crippen molar-refractivity contribution in [2.45, 2.75) is 19.8 Å². The van der Waals surface area contributed by atoms with Crippen LogP contribution >= 0.6 is 23.2 Å². The Kier molecular flexibility index (Phi) is 4.30. The third kappa shape index (κ3) is 2.93. The summed E-state index contributed by atoms with van der Waals surface area (Å²) in [5.41, 5.74) is 0.629. The van der Waals surface area contributed by atoms with Crippen molar-refractivity contribution in [3.8, 4) is 0 Å². The van der Waals surface area contributed by atoms with Crippen molar-refractivity contribution >= 4 is 29.0 Å². The summed E-state index contributed by atoms with van der Waals surface area (Å²) in [5.74, 6) is 0.216. The minimum absolute atomic E-state index is 0.216. The lowest BCUT2D eigenvalue weighted by Crippen LogP contribution is -1.84. The molecule has 0 radical (unpaired) electrons. The molecule has 0 aromatic heterocycles. The molecule has 0 bridgehead atoms. The number of benzene rings is 1. The number of halogens is 2. The van der Waals surface area contributed by atoms with Crippen LogP contribution in [-0.4, -0.2) is 5.11 Å². The maximum atomic E-state index is 9.66. The molecule has 0 fully saturated rings. The molecule has 1 aromatic carbocycles. The minimum atomic E-state index is 0.216. The van der Waals surface area contributed by atoms with Crippen molar-refractivity contribution in [1.82, 2.24) is 0 Å². The Morgan fingerprint density at radius 2 is 2.14 bits per heavy atom. The molecule has 0 aliphatic carbocycles. The fraction of sp³-hybridized carbons (Fsp3) is 0.273. The molecule has 0 amide bonds. The zero-order valence-electron chi connectivity index (χ0n) is 7.93. The molecule has 0 heterocycles. The summed E-state index contributed by atoms with van der Waals surface area (Å²) in [6.07, 6.45) is 3.59. The molecule has 1 nitrogen and oxygen atoms in total. The van der Waals surface area contributed by atoms with Crippen molar-refractivity contribution in [2.75, 3.05) is 0 Å². The summed E-state index contributed by atoms with van der Waals surface area (Å²) >= 11 is 11.7. The van der Waals surface area contributed by atoms with Crippen LogP contribution in [0.15, 0.2) is 24.3 Å². The average molecular weight is 231 g/mol. The van der Waals surface area contributed by atoms with Gasteiger partial charge >= 0.3 is 0 Å². The first kappa shape index (κ1) is 11.4. The molecule has 1 N–H and O–H groups in total. The van der Waals surface area contributed by atoms with E-state index in [2.05, 4.69) is 0 Å². The summed E-state index contributed by atoms with van der Waals surface area (Å²) in [6, 6.07) is 5.04. The van der Waals surface area contributed by atoms with E-state index in [1.165, 1.54) is 0 Å². The molecule has 1 rings (SSSR count). The molecule has 0 aliphatic heterocycles. The Hall–Kier alpha value is -0.660. The van der Waals surface area contributed by atoms with Gasteiger partial charge in [-0.3, -0.25) is 0 Å². The van der Waals surface area contributed by atoms with Gasteiger partial charge in [0.25, 0.3) is 0 Å². The molecule has 0 saturated heterocycles. The van der Waals surface area contributed by atoms with Gasteiger partial charge in [0, 0.05) is 10.6 Å². The predicted octanol–water partition coefficient (Wildman–Crippen LogP) is 4.69. The SMILES string of the molecule is CCCC=C(O)c1ccc(Cl)cc1Cl. The fourth-order valence-electron chi connectivity index (χ4n) is 1.09. The normalized spacial score (nSPS) is 11.8. The molecule has 0 atom stereocenters. The molecular weight excluding hydrogens is 219 g/mol. The first-order valence-corrected chi connectivity index (χ1v) is 5.25. The van der Waals surface area contributed by atoms with Gasteiger partial charge in [-0.15, -0.1) is 0 Å². The van der Waals surface area contributed by atoms with Gasteiger partial charge in [-0.05, 0) is 30.7 Å². The van der Waals surface area contributed by atoms with Crippen LogP contribution in [0.5, 0.6) is 0 Å². The Labute approximate surface area is 94.0 Å². The summed E-state index contributed by atoms with van der Waals surface area (Å²) in [4.78, 5) is 0. The van der Waals surface area contributed by atoms with E-state index in [1.807, 2.05) is 6.92 Å². The number of unbranched alkanes of at least 4 members (excludes halogenated alkanes) is 1. The lowest BCUT2D eigenvalue weighted by molar-refractivity contribution is 0.509. The van der Waals surface area contributed by atoms with E-state index < -0.39 is 0 Å². The van der Waals surface area contributed by atoms with Crippen LogP contribution in [-0.2, 0) is 0 Å². The molecule has 3 heteroatoms. The van der Waals surface area contributed by atoms with E-state index in [4.69, 9.17) is 23.2 Å². The fourth-order valence-corrected chi connectivity index (χ4v) is 1.59. The number of aliphatic hydroxyl groups is 1. The topological polar surface area (TPSA) is 20.2 Å². The van der Waals surface area contributed by atoms with Crippen molar-refractivity contribution < 1.29 is 5.11 Å². The molecule has 0 unspecified atom stereocenters. The Bertz CT molecular complexity index is 345. The van der Waals surface area contributed by atoms with Crippen molar-refractivity contribution in [1.29, 1.82) is 0 Å². The third-order valence-corrected chi connectivity index (χ3v) is 2.38. The van der Waals surface area contributed by atoms with Gasteiger partial charge in [0.15, 0.2) is 0 Å². The predicted molar refractivity (Wildman–Crippen MR) is 62.0 cm³/mol. The standard InChI is InChI=1S/C11H12Cl2O/c1-2-3-4-11(14)9-6-5-8(12)7-10(9)13/h4-7,14H,2-3H2,1H3. The maximum absolute atomic E-state index is 9.66. The molecule has 0 aliphatic rings. The van der Waals surface area contributed by atoms with E-state index in [1.54, 1.807) is 24.3 Å². The van der Waals surface area contributed by atoms with Crippen LogP contribution in [0.2, 0.25) is 10.0 Å². The van der Waals surface area contributed by atoms with Gasteiger partial charge in [0.1, 0.15) is 5.76 Å². The largest absolute Gasteiger partial charge is 0.508 e. The van der Waals surface area contributed by atoms with Crippen LogP contribution < -0.4 is 0 Å². The highest BCUT2D eigenvalue weighted by atomic mass is 35.5. The molecule has 76 valence electrons. The van der Waals surface area contributed by atoms with E-state index in [0.717, 1.165) is 12.8 Å². The van der Waals surface area contributed by atoms with Crippen LogP contribution in [0.3, 0.4) is 0 Å². The Balaban J connectivity index is 2.95. The minimum Gasteiger partial charge on any atom is -0.508 e. The summed E-state index contributed by atoms with van der Waals surface area (Å²) in [5, 5.41) is 10.7. The summed E-state index contributed by atoms with van der Waals surface area (Å²) in [7, 11) is 0. The molecular formula is C11H12Cl2O. The van der Waals surface area contributed by atoms with E-state index in [9.17, 15) is 5.11 Å². The molecule has 0 spiro atoms. The van der Waals surface area contributed by atoms with E-state index in [-0.39, 0.29) is 5.76 Å². The first-order valence-electron chi connectivity index (χ1n) is 4.49. The van der Waals surface area contributed by atoms with Crippen molar-refractivity contribution in [2.24, 2.45) is 0 Å². The number of allylic oxidation sites excluding steroid dienone is 1. The van der Waals surface area contributed by atoms with E-state index in [0.29, 0.717) is 15.6 Å². The van der Waals surface area contributed by atoms with Crippen molar-refractivity contribution in [3.05, 3.63) is 39.9 Å². The van der Waals surface area contributed by atoms with Gasteiger partial charge in [0.2, 0.25) is 0 Å². The van der Waals surface area contributed by atoms with Gasteiger partial charge in [-0.1, -0.05) is 36.5 Å². The summed E-state index contributed by atoms with van der Waals surface area (Å²) in [6.45, 7) is 2.05. The van der Waals surface area contributed by atoms with Gasteiger partial charge < -0.3 is 5.11 Å². The second kappa shape index (κ2) is 5.28. The summed E-state index contributed by atoms with van der Waals surface area (Å²) < 4.78 is 0. The average Bonchev–Trinajstić information content (AvgIpc) is 2.14. The second-order valence-electron chi connectivity index (χ2n) is 3.00. The second-order valence-corrected chi connectivity index (χ2v) is 3.85. The van der Waals surface area contributed by atoms with Crippen LogP contribution in [0.1, 0.15) is 25.3 Å². The van der Waals surface area contributed by atoms with Gasteiger partial charge in [-0.25, -0.2) is 0 Å². The third-order valence-electron chi connectivity index (χ3n) is 1.83. The molecule has 1 aromatic rings. The maximum Gasteiger partial charge on any atom is 0.120 e. The first-order chi connectivity index (χ1) is 6.65. The lowest BCUT2D eigenvalue weighted by Gasteiger charge is -2.03. The number of hydrogen-bond acceptors (Lipinski definition) is 1. The number of hydrogen-bond donors (Lipinski definition) is 1. The number of rotatable bonds is 3. The van der Waals surface area contributed by atoms with Crippen LogP contribution in [0.4, 0.5) is 0 Å². The quantitative estimate of drug-likeness (QED) is 0.748. The highest BCUT2D eigenvalue weighted by molar-refractivity contribution is 6.35. The lowest BCUT2D eigenvalue weighted by atomic mass is 10.1.